The van der Waals surface area contributed by atoms with E-state index in [4.69, 9.17) is 0 Å². The van der Waals surface area contributed by atoms with Gasteiger partial charge in [-0.2, -0.15) is 5.10 Å². The van der Waals surface area contributed by atoms with Crippen molar-refractivity contribution in [1.82, 2.24) is 15.4 Å². The van der Waals surface area contributed by atoms with Crippen molar-refractivity contribution in [3.63, 3.8) is 0 Å². The van der Waals surface area contributed by atoms with Crippen LogP contribution in [0.3, 0.4) is 0 Å². The summed E-state index contributed by atoms with van der Waals surface area (Å²) in [5, 5.41) is 4.02. The Morgan fingerprint density at radius 2 is 1.72 bits per heavy atom. The van der Waals surface area contributed by atoms with Gasteiger partial charge >= 0.3 is 0 Å². The maximum atomic E-state index is 11.7. The predicted molar refractivity (Wildman–Crippen MR) is 68.2 cm³/mol. The molecular formula is C13H12N4O. The first-order valence-electron chi connectivity index (χ1n) is 5.42. The van der Waals surface area contributed by atoms with Crippen LogP contribution in [-0.4, -0.2) is 21.6 Å². The first-order chi connectivity index (χ1) is 8.77. The van der Waals surface area contributed by atoms with E-state index in [1.54, 1.807) is 37.6 Å². The van der Waals surface area contributed by atoms with E-state index in [2.05, 4.69) is 20.5 Å². The summed E-state index contributed by atoms with van der Waals surface area (Å²) < 4.78 is 0. The smallest absolute Gasteiger partial charge is 0.267 e. The molecular weight excluding hydrogens is 228 g/mol. The lowest BCUT2D eigenvalue weighted by molar-refractivity contribution is 0.0954. The van der Waals surface area contributed by atoms with Gasteiger partial charge in [0.1, 0.15) is 0 Å². The van der Waals surface area contributed by atoms with Crippen LogP contribution in [0.5, 0.6) is 0 Å². The fraction of sp³-hybridized carbons (Fsp3) is 0.0769. The molecule has 0 radical (unpaired) electrons. The third-order valence-electron chi connectivity index (χ3n) is 2.33. The van der Waals surface area contributed by atoms with Gasteiger partial charge in [-0.3, -0.25) is 14.8 Å². The molecule has 90 valence electrons. The van der Waals surface area contributed by atoms with E-state index in [0.717, 1.165) is 5.56 Å². The average molecular weight is 240 g/mol. The second-order valence-corrected chi connectivity index (χ2v) is 3.62. The molecule has 5 heteroatoms. The maximum absolute atomic E-state index is 11.7. The van der Waals surface area contributed by atoms with Crippen LogP contribution < -0.4 is 5.43 Å². The molecule has 0 aliphatic rings. The Hall–Kier alpha value is -2.56. The lowest BCUT2D eigenvalue weighted by atomic mass is 10.2. The molecule has 0 aliphatic carbocycles. The first kappa shape index (κ1) is 11.9. The Labute approximate surface area is 105 Å². The zero-order valence-electron chi connectivity index (χ0n) is 9.87. The fourth-order valence-corrected chi connectivity index (χ4v) is 1.34. The minimum Gasteiger partial charge on any atom is -0.267 e. The summed E-state index contributed by atoms with van der Waals surface area (Å²) in [6, 6.07) is 7.07. The van der Waals surface area contributed by atoms with Gasteiger partial charge in [0.05, 0.1) is 11.3 Å². The van der Waals surface area contributed by atoms with Crippen LogP contribution in [-0.2, 0) is 0 Å². The Bertz CT molecular complexity index is 552. The number of hydrazone groups is 1. The molecule has 0 fully saturated rings. The second kappa shape index (κ2) is 5.67. The summed E-state index contributed by atoms with van der Waals surface area (Å²) >= 11 is 0. The molecule has 2 aromatic heterocycles. The number of nitrogens with one attached hydrogen (secondary N) is 1. The molecule has 0 bridgehead atoms. The monoisotopic (exact) mass is 240 g/mol. The van der Waals surface area contributed by atoms with Gasteiger partial charge in [0, 0.05) is 30.4 Å². The number of amides is 1. The van der Waals surface area contributed by atoms with Crippen LogP contribution in [0.25, 0.3) is 0 Å². The lowest BCUT2D eigenvalue weighted by Crippen LogP contribution is -2.19. The number of carbonyl (C=O) groups excluding carboxylic acids is 1. The van der Waals surface area contributed by atoms with Gasteiger partial charge in [-0.15, -0.1) is 0 Å². The van der Waals surface area contributed by atoms with E-state index >= 15 is 0 Å². The molecule has 0 saturated heterocycles. The van der Waals surface area contributed by atoms with Crippen molar-refractivity contribution in [2.24, 2.45) is 5.10 Å². The van der Waals surface area contributed by atoms with Crippen LogP contribution in [0.2, 0.25) is 0 Å². The molecule has 0 aromatic carbocycles. The fourth-order valence-electron chi connectivity index (χ4n) is 1.34. The standard InChI is InChI=1S/C13H12N4O/c1-10(11-4-2-6-14-8-11)16-17-13(18)12-5-3-7-15-9-12/h2-9H,1H3,(H,17,18)/b16-10+. The average Bonchev–Trinajstić information content (AvgIpc) is 2.46. The summed E-state index contributed by atoms with van der Waals surface area (Å²) in [5.74, 6) is -0.286. The van der Waals surface area contributed by atoms with Gasteiger partial charge in [-0.05, 0) is 25.1 Å². The topological polar surface area (TPSA) is 67.2 Å². The van der Waals surface area contributed by atoms with Gasteiger partial charge in [-0.25, -0.2) is 5.43 Å². The van der Waals surface area contributed by atoms with Crippen molar-refractivity contribution >= 4 is 11.6 Å². The zero-order valence-corrected chi connectivity index (χ0v) is 9.87. The van der Waals surface area contributed by atoms with Gasteiger partial charge in [-0.1, -0.05) is 6.07 Å². The summed E-state index contributed by atoms with van der Waals surface area (Å²) in [6.45, 7) is 1.81. The number of hydrogen-bond acceptors (Lipinski definition) is 4. The molecule has 18 heavy (non-hydrogen) atoms. The second-order valence-electron chi connectivity index (χ2n) is 3.62. The van der Waals surface area contributed by atoms with Crippen LogP contribution in [0.1, 0.15) is 22.8 Å². The van der Waals surface area contributed by atoms with E-state index in [1.807, 2.05) is 12.1 Å². The van der Waals surface area contributed by atoms with Gasteiger partial charge < -0.3 is 0 Å². The number of nitrogens with zero attached hydrogens (tertiary/aromatic N) is 3. The zero-order chi connectivity index (χ0) is 12.8. The molecule has 2 rings (SSSR count). The Morgan fingerprint density at radius 3 is 2.28 bits per heavy atom. The molecule has 5 nitrogen and oxygen atoms in total. The quantitative estimate of drug-likeness (QED) is 0.655. The Balaban J connectivity index is 2.05. The predicted octanol–water partition coefficient (Wildman–Crippen LogP) is 1.63. The lowest BCUT2D eigenvalue weighted by Gasteiger charge is -2.02. The first-order valence-corrected chi connectivity index (χ1v) is 5.42. The van der Waals surface area contributed by atoms with Crippen LogP contribution in [0.15, 0.2) is 54.2 Å². The number of hydrogen-bond donors (Lipinski definition) is 1. The normalized spacial score (nSPS) is 11.1. The van der Waals surface area contributed by atoms with Crippen LogP contribution >= 0.6 is 0 Å². The van der Waals surface area contributed by atoms with Gasteiger partial charge in [0.2, 0.25) is 0 Å². The van der Waals surface area contributed by atoms with Crippen LogP contribution in [0.4, 0.5) is 0 Å². The number of pyridine rings is 2. The minimum atomic E-state index is -0.286. The van der Waals surface area contributed by atoms with Gasteiger partial charge in [0.25, 0.3) is 5.91 Å². The molecule has 2 heterocycles. The summed E-state index contributed by atoms with van der Waals surface area (Å²) in [6.07, 6.45) is 6.48. The highest BCUT2D eigenvalue weighted by Gasteiger charge is 2.04. The summed E-state index contributed by atoms with van der Waals surface area (Å²) in [7, 11) is 0. The highest BCUT2D eigenvalue weighted by atomic mass is 16.2. The number of aromatic nitrogens is 2. The molecule has 0 spiro atoms. The Morgan fingerprint density at radius 1 is 1.11 bits per heavy atom. The van der Waals surface area contributed by atoms with Crippen molar-refractivity contribution in [1.29, 1.82) is 0 Å². The molecule has 0 unspecified atom stereocenters. The maximum Gasteiger partial charge on any atom is 0.272 e. The summed E-state index contributed by atoms with van der Waals surface area (Å²) in [4.78, 5) is 19.6. The third kappa shape index (κ3) is 2.98. The highest BCUT2D eigenvalue weighted by molar-refractivity contribution is 6.00. The van der Waals surface area contributed by atoms with E-state index in [9.17, 15) is 4.79 Å². The largest absolute Gasteiger partial charge is 0.272 e. The number of rotatable bonds is 3. The van der Waals surface area contributed by atoms with Gasteiger partial charge in [0.15, 0.2) is 0 Å². The van der Waals surface area contributed by atoms with Crippen molar-refractivity contribution in [3.05, 3.63) is 60.2 Å². The summed E-state index contributed by atoms with van der Waals surface area (Å²) in [5.41, 5.74) is 4.51. The molecule has 1 amide bonds. The molecule has 2 aromatic rings. The van der Waals surface area contributed by atoms with Crippen molar-refractivity contribution < 1.29 is 4.79 Å². The van der Waals surface area contributed by atoms with Crippen molar-refractivity contribution in [2.75, 3.05) is 0 Å². The van der Waals surface area contributed by atoms with Crippen LogP contribution in [0, 0.1) is 0 Å². The van der Waals surface area contributed by atoms with E-state index in [1.165, 1.54) is 6.20 Å². The van der Waals surface area contributed by atoms with Crippen molar-refractivity contribution in [2.45, 2.75) is 6.92 Å². The molecule has 0 saturated carbocycles. The van der Waals surface area contributed by atoms with Crippen molar-refractivity contribution in [3.8, 4) is 0 Å². The Kier molecular flexibility index (Phi) is 3.76. The minimum absolute atomic E-state index is 0.286. The van der Waals surface area contributed by atoms with E-state index < -0.39 is 0 Å². The van der Waals surface area contributed by atoms with E-state index in [0.29, 0.717) is 11.3 Å². The molecule has 0 atom stereocenters. The SMILES string of the molecule is C/C(=N\NC(=O)c1cccnc1)c1cccnc1. The highest BCUT2D eigenvalue weighted by Crippen LogP contribution is 1.99. The molecule has 1 N–H and O–H groups in total. The number of carbonyl (C=O) groups is 1. The van der Waals surface area contributed by atoms with E-state index in [-0.39, 0.29) is 5.91 Å². The molecule has 0 aliphatic heterocycles. The third-order valence-corrected chi connectivity index (χ3v) is 2.33.